The minimum Gasteiger partial charge on any atom is -0.325 e. The molecule has 23 heavy (non-hydrogen) atoms. The van der Waals surface area contributed by atoms with E-state index >= 15 is 0 Å². The molecule has 0 unspecified atom stereocenters. The summed E-state index contributed by atoms with van der Waals surface area (Å²) in [5, 5.41) is 3.15. The van der Waals surface area contributed by atoms with E-state index in [4.69, 9.17) is 0 Å². The molecule has 2 nitrogen and oxygen atoms in total. The molecule has 0 heterocycles. The van der Waals surface area contributed by atoms with Crippen LogP contribution in [0.1, 0.15) is 50.7 Å². The first-order valence-corrected chi connectivity index (χ1v) is 9.08. The highest BCUT2D eigenvalue weighted by molar-refractivity contribution is 8.00. The molecule has 0 fully saturated rings. The zero-order chi connectivity index (χ0) is 16.8. The fraction of sp³-hybridized carbons (Fsp3) is 0.350. The van der Waals surface area contributed by atoms with Gasteiger partial charge in [-0.25, -0.2) is 0 Å². The maximum Gasteiger partial charge on any atom is 0.234 e. The first-order valence-electron chi connectivity index (χ1n) is 8.09. The van der Waals surface area contributed by atoms with Crippen molar-refractivity contribution in [2.75, 3.05) is 11.1 Å². The molecule has 2 aromatic rings. The number of benzene rings is 2. The van der Waals surface area contributed by atoms with Crippen LogP contribution in [0.25, 0.3) is 0 Å². The van der Waals surface area contributed by atoms with Crippen LogP contribution >= 0.6 is 11.8 Å². The Morgan fingerprint density at radius 1 is 0.913 bits per heavy atom. The number of hydrogen-bond acceptors (Lipinski definition) is 2. The molecule has 0 aliphatic rings. The van der Waals surface area contributed by atoms with Gasteiger partial charge >= 0.3 is 0 Å². The van der Waals surface area contributed by atoms with Crippen LogP contribution < -0.4 is 5.32 Å². The summed E-state index contributed by atoms with van der Waals surface area (Å²) in [6.07, 6.45) is 0. The van der Waals surface area contributed by atoms with Crippen LogP contribution in [0.4, 0.5) is 5.69 Å². The van der Waals surface area contributed by atoms with Crippen molar-refractivity contribution in [2.24, 2.45) is 0 Å². The van der Waals surface area contributed by atoms with Gasteiger partial charge in [0.2, 0.25) is 5.91 Å². The Hall–Kier alpha value is -1.74. The highest BCUT2D eigenvalue weighted by atomic mass is 32.2. The molecule has 2 rings (SSSR count). The maximum atomic E-state index is 12.4. The summed E-state index contributed by atoms with van der Waals surface area (Å²) in [5.74, 6) is 1.24. The Morgan fingerprint density at radius 2 is 1.48 bits per heavy atom. The van der Waals surface area contributed by atoms with E-state index in [-0.39, 0.29) is 5.91 Å². The fourth-order valence-corrected chi connectivity index (χ4v) is 3.26. The lowest BCUT2D eigenvalue weighted by Gasteiger charge is -2.20. The molecular formula is C20H25NOS. The molecule has 1 amide bonds. The predicted molar refractivity (Wildman–Crippen MR) is 100 cm³/mol. The summed E-state index contributed by atoms with van der Waals surface area (Å²) in [4.78, 5) is 13.5. The molecular weight excluding hydrogens is 302 g/mol. The molecule has 0 saturated heterocycles. The molecule has 0 aliphatic heterocycles. The SMILES string of the molecule is CC(C)c1cccc(C(C)C)c1NC(=O)CSc1ccccc1. The third kappa shape index (κ3) is 4.87. The van der Waals surface area contributed by atoms with Gasteiger partial charge in [-0.1, -0.05) is 64.1 Å². The Labute approximate surface area is 143 Å². The second kappa shape index (κ2) is 8.21. The molecule has 0 aromatic heterocycles. The van der Waals surface area contributed by atoms with Crippen molar-refractivity contribution in [3.05, 3.63) is 59.7 Å². The Morgan fingerprint density at radius 3 is 2.00 bits per heavy atom. The number of para-hydroxylation sites is 1. The smallest absolute Gasteiger partial charge is 0.234 e. The number of amides is 1. The van der Waals surface area contributed by atoms with E-state index < -0.39 is 0 Å². The summed E-state index contributed by atoms with van der Waals surface area (Å²) >= 11 is 1.56. The van der Waals surface area contributed by atoms with Crippen LogP contribution in [-0.2, 0) is 4.79 Å². The summed E-state index contributed by atoms with van der Waals surface area (Å²) in [6.45, 7) is 8.64. The number of thioether (sulfide) groups is 1. The minimum absolute atomic E-state index is 0.0499. The quantitative estimate of drug-likeness (QED) is 0.693. The van der Waals surface area contributed by atoms with E-state index in [9.17, 15) is 4.79 Å². The monoisotopic (exact) mass is 327 g/mol. The van der Waals surface area contributed by atoms with Crippen LogP contribution in [0.3, 0.4) is 0 Å². The largest absolute Gasteiger partial charge is 0.325 e. The summed E-state index contributed by atoms with van der Waals surface area (Å²) in [6, 6.07) is 16.3. The van der Waals surface area contributed by atoms with Crippen LogP contribution in [-0.4, -0.2) is 11.7 Å². The van der Waals surface area contributed by atoms with Crippen LogP contribution in [0, 0.1) is 0 Å². The van der Waals surface area contributed by atoms with Crippen molar-refractivity contribution in [1.82, 2.24) is 0 Å². The summed E-state index contributed by atoms with van der Waals surface area (Å²) in [5.41, 5.74) is 3.40. The van der Waals surface area contributed by atoms with E-state index in [0.29, 0.717) is 17.6 Å². The maximum absolute atomic E-state index is 12.4. The summed E-state index contributed by atoms with van der Waals surface area (Å²) < 4.78 is 0. The van der Waals surface area contributed by atoms with Gasteiger partial charge in [0, 0.05) is 10.6 Å². The molecule has 2 aromatic carbocycles. The molecule has 3 heteroatoms. The second-order valence-corrected chi connectivity index (χ2v) is 7.32. The van der Waals surface area contributed by atoms with Gasteiger partial charge in [0.25, 0.3) is 0 Å². The Kier molecular flexibility index (Phi) is 6.28. The van der Waals surface area contributed by atoms with Crippen LogP contribution in [0.5, 0.6) is 0 Å². The Bertz CT molecular complexity index is 624. The molecule has 0 bridgehead atoms. The number of nitrogens with one attached hydrogen (secondary N) is 1. The molecule has 0 saturated carbocycles. The van der Waals surface area contributed by atoms with Crippen molar-refractivity contribution in [1.29, 1.82) is 0 Å². The van der Waals surface area contributed by atoms with E-state index in [1.807, 2.05) is 30.3 Å². The number of anilines is 1. The van der Waals surface area contributed by atoms with Crippen molar-refractivity contribution in [3.8, 4) is 0 Å². The van der Waals surface area contributed by atoms with Crippen molar-refractivity contribution < 1.29 is 4.79 Å². The molecule has 0 aliphatic carbocycles. The lowest BCUT2D eigenvalue weighted by Crippen LogP contribution is -2.17. The highest BCUT2D eigenvalue weighted by Crippen LogP contribution is 2.32. The Balaban J connectivity index is 2.13. The van der Waals surface area contributed by atoms with Gasteiger partial charge in [-0.15, -0.1) is 11.8 Å². The van der Waals surface area contributed by atoms with Gasteiger partial charge in [-0.2, -0.15) is 0 Å². The molecule has 1 N–H and O–H groups in total. The molecule has 0 radical (unpaired) electrons. The zero-order valence-electron chi connectivity index (χ0n) is 14.3. The standard InChI is InChI=1S/C20H25NOS/c1-14(2)17-11-8-12-18(15(3)4)20(17)21-19(22)13-23-16-9-6-5-7-10-16/h5-12,14-15H,13H2,1-4H3,(H,21,22). The minimum atomic E-state index is 0.0499. The van der Waals surface area contributed by atoms with Crippen molar-refractivity contribution >= 4 is 23.4 Å². The number of hydrogen-bond donors (Lipinski definition) is 1. The average molecular weight is 327 g/mol. The van der Waals surface area contributed by atoms with E-state index in [0.717, 1.165) is 10.6 Å². The van der Waals surface area contributed by atoms with Gasteiger partial charge in [0.1, 0.15) is 0 Å². The number of carbonyl (C=O) groups is 1. The zero-order valence-corrected chi connectivity index (χ0v) is 15.1. The number of carbonyl (C=O) groups excluding carboxylic acids is 1. The van der Waals surface area contributed by atoms with Crippen molar-refractivity contribution in [2.45, 2.75) is 44.4 Å². The molecule has 122 valence electrons. The fourth-order valence-electron chi connectivity index (χ4n) is 2.54. The topological polar surface area (TPSA) is 29.1 Å². The highest BCUT2D eigenvalue weighted by Gasteiger charge is 2.15. The van der Waals surface area contributed by atoms with Gasteiger partial charge in [0.15, 0.2) is 0 Å². The first-order chi connectivity index (χ1) is 11.0. The third-order valence-electron chi connectivity index (χ3n) is 3.75. The van der Waals surface area contributed by atoms with Crippen molar-refractivity contribution in [3.63, 3.8) is 0 Å². The molecule has 0 atom stereocenters. The molecule has 0 spiro atoms. The van der Waals surface area contributed by atoms with Gasteiger partial charge in [-0.3, -0.25) is 4.79 Å². The van der Waals surface area contributed by atoms with E-state index in [1.54, 1.807) is 11.8 Å². The van der Waals surface area contributed by atoms with Gasteiger partial charge < -0.3 is 5.32 Å². The lowest BCUT2D eigenvalue weighted by molar-refractivity contribution is -0.113. The number of rotatable bonds is 6. The van der Waals surface area contributed by atoms with Gasteiger partial charge in [-0.05, 0) is 35.1 Å². The summed E-state index contributed by atoms with van der Waals surface area (Å²) in [7, 11) is 0. The average Bonchev–Trinajstić information content (AvgIpc) is 2.53. The first kappa shape index (κ1) is 17.6. The van der Waals surface area contributed by atoms with E-state index in [2.05, 4.69) is 51.2 Å². The predicted octanol–water partition coefficient (Wildman–Crippen LogP) is 5.66. The van der Waals surface area contributed by atoms with Gasteiger partial charge in [0.05, 0.1) is 5.75 Å². The lowest BCUT2D eigenvalue weighted by atomic mass is 9.92. The second-order valence-electron chi connectivity index (χ2n) is 6.27. The normalized spacial score (nSPS) is 11.0. The van der Waals surface area contributed by atoms with Crippen LogP contribution in [0.2, 0.25) is 0 Å². The van der Waals surface area contributed by atoms with E-state index in [1.165, 1.54) is 11.1 Å². The third-order valence-corrected chi connectivity index (χ3v) is 4.76. The van der Waals surface area contributed by atoms with Crippen LogP contribution in [0.15, 0.2) is 53.4 Å².